The van der Waals surface area contributed by atoms with Gasteiger partial charge in [-0.3, -0.25) is 0 Å². The molecule has 0 aromatic heterocycles. The first kappa shape index (κ1) is 12.5. The van der Waals surface area contributed by atoms with E-state index in [1.54, 1.807) is 12.1 Å². The van der Waals surface area contributed by atoms with E-state index >= 15 is 0 Å². The van der Waals surface area contributed by atoms with Crippen LogP contribution < -0.4 is 10.5 Å². The van der Waals surface area contributed by atoms with Gasteiger partial charge in [0.25, 0.3) is 0 Å². The monoisotopic (exact) mass is 302 g/mol. The van der Waals surface area contributed by atoms with Crippen LogP contribution in [0.2, 0.25) is 0 Å². The van der Waals surface area contributed by atoms with Gasteiger partial charge in [0.1, 0.15) is 18.4 Å². The molecule has 0 spiro atoms. The van der Waals surface area contributed by atoms with Crippen LogP contribution >= 0.6 is 15.9 Å². The van der Waals surface area contributed by atoms with E-state index in [4.69, 9.17) is 15.7 Å². The number of hydrogen-bond acceptors (Lipinski definition) is 3. The highest BCUT2D eigenvalue weighted by Crippen LogP contribution is 2.21. The fraction of sp³-hybridized carbons (Fsp3) is 0.0714. The second kappa shape index (κ2) is 5.56. The van der Waals surface area contributed by atoms with E-state index in [2.05, 4.69) is 22.0 Å². The minimum Gasteiger partial charge on any atom is -0.488 e. The van der Waals surface area contributed by atoms with E-state index in [-0.39, 0.29) is 0 Å². The molecule has 0 unspecified atom stereocenters. The van der Waals surface area contributed by atoms with Crippen LogP contribution in [-0.4, -0.2) is 0 Å². The summed E-state index contributed by atoms with van der Waals surface area (Å²) >= 11 is 3.38. The summed E-state index contributed by atoms with van der Waals surface area (Å²) in [6, 6.07) is 14.9. The SMILES string of the molecule is N#Cc1ccccc1OCc1cc(N)cc(Br)c1. The number of hydrogen-bond donors (Lipinski definition) is 1. The zero-order chi connectivity index (χ0) is 13.0. The Kier molecular flexibility index (Phi) is 3.85. The van der Waals surface area contributed by atoms with E-state index in [9.17, 15) is 0 Å². The van der Waals surface area contributed by atoms with Crippen molar-refractivity contribution in [2.45, 2.75) is 6.61 Å². The topological polar surface area (TPSA) is 59.0 Å². The number of nitrogens with two attached hydrogens (primary N) is 1. The Morgan fingerprint density at radius 2 is 2.00 bits per heavy atom. The standard InChI is InChI=1S/C14H11BrN2O/c15-12-5-10(6-13(17)7-12)9-18-14-4-2-1-3-11(14)8-16/h1-7H,9,17H2. The third-order valence-corrected chi connectivity index (χ3v) is 2.84. The Morgan fingerprint density at radius 1 is 1.22 bits per heavy atom. The van der Waals surface area contributed by atoms with Crippen LogP contribution in [0.15, 0.2) is 46.9 Å². The lowest BCUT2D eigenvalue weighted by Gasteiger charge is -2.08. The Hall–Kier alpha value is -1.99. The van der Waals surface area contributed by atoms with Crippen molar-refractivity contribution in [3.05, 3.63) is 58.1 Å². The first-order chi connectivity index (χ1) is 8.69. The van der Waals surface area contributed by atoms with Crippen LogP contribution in [0.1, 0.15) is 11.1 Å². The predicted octanol–water partition coefficient (Wildman–Crippen LogP) is 3.48. The van der Waals surface area contributed by atoms with Gasteiger partial charge in [0.2, 0.25) is 0 Å². The van der Waals surface area contributed by atoms with Gasteiger partial charge < -0.3 is 10.5 Å². The second-order valence-electron chi connectivity index (χ2n) is 3.79. The summed E-state index contributed by atoms with van der Waals surface area (Å²) in [5.74, 6) is 0.582. The number of nitriles is 1. The molecular weight excluding hydrogens is 292 g/mol. The Bertz CT molecular complexity index is 585. The van der Waals surface area contributed by atoms with Crippen molar-refractivity contribution in [2.24, 2.45) is 0 Å². The highest BCUT2D eigenvalue weighted by Gasteiger charge is 2.03. The van der Waals surface area contributed by atoms with Gasteiger partial charge in [0.15, 0.2) is 0 Å². The maximum absolute atomic E-state index is 8.95. The third-order valence-electron chi connectivity index (χ3n) is 2.38. The zero-order valence-corrected chi connectivity index (χ0v) is 11.1. The molecule has 0 aliphatic rings. The number of nitrogens with zero attached hydrogens (tertiary/aromatic N) is 1. The first-order valence-electron chi connectivity index (χ1n) is 5.36. The Morgan fingerprint density at radius 3 is 2.72 bits per heavy atom. The lowest BCUT2D eigenvalue weighted by atomic mass is 10.2. The highest BCUT2D eigenvalue weighted by molar-refractivity contribution is 9.10. The molecule has 0 bridgehead atoms. The molecule has 0 saturated heterocycles. The molecule has 0 heterocycles. The smallest absolute Gasteiger partial charge is 0.137 e. The van der Waals surface area contributed by atoms with Crippen molar-refractivity contribution >= 4 is 21.6 Å². The van der Waals surface area contributed by atoms with Crippen molar-refractivity contribution in [1.82, 2.24) is 0 Å². The van der Waals surface area contributed by atoms with Gasteiger partial charge in [0.05, 0.1) is 5.56 Å². The summed E-state index contributed by atoms with van der Waals surface area (Å²) in [6.07, 6.45) is 0. The van der Waals surface area contributed by atoms with Crippen LogP contribution in [-0.2, 0) is 6.61 Å². The zero-order valence-electron chi connectivity index (χ0n) is 9.56. The van der Waals surface area contributed by atoms with Gasteiger partial charge in [-0.2, -0.15) is 5.26 Å². The summed E-state index contributed by atoms with van der Waals surface area (Å²) in [4.78, 5) is 0. The van der Waals surface area contributed by atoms with Crippen molar-refractivity contribution in [2.75, 3.05) is 5.73 Å². The fourth-order valence-corrected chi connectivity index (χ4v) is 2.16. The van der Waals surface area contributed by atoms with Crippen LogP contribution in [0, 0.1) is 11.3 Å². The summed E-state index contributed by atoms with van der Waals surface area (Å²) in [6.45, 7) is 0.377. The number of anilines is 1. The number of ether oxygens (including phenoxy) is 1. The van der Waals surface area contributed by atoms with Crippen molar-refractivity contribution in [3.8, 4) is 11.8 Å². The van der Waals surface area contributed by atoms with Crippen molar-refractivity contribution in [3.63, 3.8) is 0 Å². The van der Waals surface area contributed by atoms with E-state index in [1.807, 2.05) is 30.3 Å². The molecular formula is C14H11BrN2O. The molecule has 2 rings (SSSR count). The first-order valence-corrected chi connectivity index (χ1v) is 6.15. The molecule has 4 heteroatoms. The molecule has 0 fully saturated rings. The molecule has 0 radical (unpaired) electrons. The molecule has 3 nitrogen and oxygen atoms in total. The van der Waals surface area contributed by atoms with E-state index < -0.39 is 0 Å². The lowest BCUT2D eigenvalue weighted by Crippen LogP contribution is -1.98. The molecule has 0 aliphatic carbocycles. The van der Waals surface area contributed by atoms with Gasteiger partial charge >= 0.3 is 0 Å². The predicted molar refractivity (Wildman–Crippen MR) is 74.0 cm³/mol. The normalized spacial score (nSPS) is 9.78. The van der Waals surface area contributed by atoms with E-state index in [1.165, 1.54) is 0 Å². The van der Waals surface area contributed by atoms with E-state index in [0.717, 1.165) is 10.0 Å². The number of para-hydroxylation sites is 1. The molecule has 90 valence electrons. The minimum atomic E-state index is 0.377. The van der Waals surface area contributed by atoms with E-state index in [0.29, 0.717) is 23.6 Å². The van der Waals surface area contributed by atoms with Gasteiger partial charge in [-0.25, -0.2) is 0 Å². The molecule has 0 saturated carbocycles. The van der Waals surface area contributed by atoms with Crippen molar-refractivity contribution < 1.29 is 4.74 Å². The molecule has 2 N–H and O–H groups in total. The van der Waals surface area contributed by atoms with Crippen LogP contribution in [0.3, 0.4) is 0 Å². The van der Waals surface area contributed by atoms with Gasteiger partial charge in [0, 0.05) is 10.2 Å². The second-order valence-corrected chi connectivity index (χ2v) is 4.71. The summed E-state index contributed by atoms with van der Waals surface area (Å²) in [5.41, 5.74) is 7.91. The summed E-state index contributed by atoms with van der Waals surface area (Å²) < 4.78 is 6.54. The van der Waals surface area contributed by atoms with Crippen LogP contribution in [0.25, 0.3) is 0 Å². The molecule has 0 aliphatic heterocycles. The maximum atomic E-state index is 8.95. The molecule has 18 heavy (non-hydrogen) atoms. The third kappa shape index (κ3) is 3.02. The maximum Gasteiger partial charge on any atom is 0.137 e. The highest BCUT2D eigenvalue weighted by atomic mass is 79.9. The average molecular weight is 303 g/mol. The molecule has 0 atom stereocenters. The quantitative estimate of drug-likeness (QED) is 0.883. The van der Waals surface area contributed by atoms with Gasteiger partial charge in [-0.05, 0) is 35.9 Å². The largest absolute Gasteiger partial charge is 0.488 e. The molecule has 2 aromatic rings. The molecule has 2 aromatic carbocycles. The van der Waals surface area contributed by atoms with Crippen LogP contribution in [0.4, 0.5) is 5.69 Å². The number of halogens is 1. The Balaban J connectivity index is 2.14. The van der Waals surface area contributed by atoms with Gasteiger partial charge in [-0.1, -0.05) is 28.1 Å². The average Bonchev–Trinajstić information content (AvgIpc) is 2.35. The number of benzene rings is 2. The Labute approximate surface area is 114 Å². The minimum absolute atomic E-state index is 0.377. The number of rotatable bonds is 3. The summed E-state index contributed by atoms with van der Waals surface area (Å²) in [7, 11) is 0. The lowest BCUT2D eigenvalue weighted by molar-refractivity contribution is 0.305. The summed E-state index contributed by atoms with van der Waals surface area (Å²) in [5, 5.41) is 8.95. The van der Waals surface area contributed by atoms with Crippen LogP contribution in [0.5, 0.6) is 5.75 Å². The molecule has 0 amide bonds. The fourth-order valence-electron chi connectivity index (χ4n) is 1.60. The van der Waals surface area contributed by atoms with Crippen molar-refractivity contribution in [1.29, 1.82) is 5.26 Å². The number of nitrogen functional groups attached to an aromatic ring is 1. The van der Waals surface area contributed by atoms with Gasteiger partial charge in [-0.15, -0.1) is 0 Å².